The van der Waals surface area contributed by atoms with Crippen LogP contribution in [-0.4, -0.2) is 5.11 Å². The van der Waals surface area contributed by atoms with Crippen molar-refractivity contribution >= 4 is 17.7 Å². The van der Waals surface area contributed by atoms with Crippen molar-refractivity contribution in [2.24, 2.45) is 0 Å². The van der Waals surface area contributed by atoms with E-state index in [0.717, 1.165) is 5.56 Å². The Balaban J connectivity index is 3.09. The summed E-state index contributed by atoms with van der Waals surface area (Å²) < 4.78 is 0. The minimum atomic E-state index is 0.218. The number of hydrogen-bond acceptors (Lipinski definition) is 1. The van der Waals surface area contributed by atoms with Crippen LogP contribution in [0.15, 0.2) is 24.3 Å². The van der Waals surface area contributed by atoms with Gasteiger partial charge >= 0.3 is 0 Å². The molecule has 0 aliphatic heterocycles. The van der Waals surface area contributed by atoms with Crippen molar-refractivity contribution in [2.45, 2.75) is 6.92 Å². The molecule has 1 N–H and O–H groups in total. The normalized spacial score (nSPS) is 10.7. The molecule has 0 bridgehead atoms. The second kappa shape index (κ2) is 3.44. The van der Waals surface area contributed by atoms with Crippen LogP contribution >= 0.6 is 11.6 Å². The van der Waals surface area contributed by atoms with E-state index in [1.54, 1.807) is 12.1 Å². The van der Waals surface area contributed by atoms with E-state index < -0.39 is 0 Å². The van der Waals surface area contributed by atoms with Crippen molar-refractivity contribution in [1.29, 1.82) is 0 Å². The molecule has 0 heterocycles. The van der Waals surface area contributed by atoms with E-state index in [9.17, 15) is 5.11 Å². The Bertz CT molecular complexity index is 279. The Kier molecular flexibility index (Phi) is 2.55. The van der Waals surface area contributed by atoms with Crippen LogP contribution in [0.5, 0.6) is 5.75 Å². The maximum absolute atomic E-state index is 9.29. The maximum atomic E-state index is 9.29. The van der Waals surface area contributed by atoms with Crippen molar-refractivity contribution in [2.75, 3.05) is 0 Å². The Hall–Kier alpha value is -0.950. The third kappa shape index (κ3) is 1.99. The Morgan fingerprint density at radius 1 is 1.45 bits per heavy atom. The number of rotatable bonds is 1. The molecule has 1 nitrogen and oxygen atoms in total. The molecule has 1 aromatic carbocycles. The lowest BCUT2D eigenvalue weighted by molar-refractivity contribution is 0.474. The SMILES string of the molecule is C/C=C/c1ccc(Cl)cc1O. The number of halogens is 1. The zero-order chi connectivity index (χ0) is 8.27. The molecular formula is C9H9ClO. The minimum Gasteiger partial charge on any atom is -0.507 e. The summed E-state index contributed by atoms with van der Waals surface area (Å²) in [5.41, 5.74) is 0.789. The standard InChI is InChI=1S/C9H9ClO/c1-2-3-7-4-5-8(10)6-9(7)11/h2-6,11H,1H3/b3-2+. The van der Waals surface area contributed by atoms with Crippen LogP contribution in [-0.2, 0) is 0 Å². The van der Waals surface area contributed by atoms with E-state index in [1.807, 2.05) is 19.1 Å². The van der Waals surface area contributed by atoms with Crippen LogP contribution in [0.3, 0.4) is 0 Å². The first-order valence-electron chi connectivity index (χ1n) is 3.35. The van der Waals surface area contributed by atoms with Gasteiger partial charge in [0.15, 0.2) is 0 Å². The fourth-order valence-corrected chi connectivity index (χ4v) is 1.00. The lowest BCUT2D eigenvalue weighted by atomic mass is 10.2. The molecule has 0 radical (unpaired) electrons. The summed E-state index contributed by atoms with van der Waals surface area (Å²) in [5.74, 6) is 0.218. The second-order valence-electron chi connectivity index (χ2n) is 2.20. The number of aromatic hydroxyl groups is 1. The number of phenols is 1. The summed E-state index contributed by atoms with van der Waals surface area (Å²) in [4.78, 5) is 0. The summed E-state index contributed by atoms with van der Waals surface area (Å²) in [6.07, 6.45) is 3.69. The van der Waals surface area contributed by atoms with Gasteiger partial charge in [0, 0.05) is 10.6 Å². The average molecular weight is 169 g/mol. The molecule has 0 aliphatic rings. The largest absolute Gasteiger partial charge is 0.507 e. The quantitative estimate of drug-likeness (QED) is 0.684. The minimum absolute atomic E-state index is 0.218. The Morgan fingerprint density at radius 3 is 2.73 bits per heavy atom. The van der Waals surface area contributed by atoms with Crippen LogP contribution in [0.2, 0.25) is 5.02 Å². The van der Waals surface area contributed by atoms with Gasteiger partial charge in [-0.15, -0.1) is 0 Å². The maximum Gasteiger partial charge on any atom is 0.124 e. The molecule has 0 aromatic heterocycles. The van der Waals surface area contributed by atoms with Crippen LogP contribution in [0, 0.1) is 0 Å². The zero-order valence-electron chi connectivity index (χ0n) is 6.21. The number of phenolic OH excluding ortho intramolecular Hbond substituents is 1. The van der Waals surface area contributed by atoms with Gasteiger partial charge in [-0.3, -0.25) is 0 Å². The summed E-state index contributed by atoms with van der Waals surface area (Å²) >= 11 is 5.63. The lowest BCUT2D eigenvalue weighted by Gasteiger charge is -1.97. The molecule has 1 rings (SSSR count). The number of benzene rings is 1. The first-order valence-corrected chi connectivity index (χ1v) is 3.73. The smallest absolute Gasteiger partial charge is 0.124 e. The third-order valence-electron chi connectivity index (χ3n) is 1.34. The highest BCUT2D eigenvalue weighted by atomic mass is 35.5. The van der Waals surface area contributed by atoms with Crippen molar-refractivity contribution in [3.05, 3.63) is 34.9 Å². The topological polar surface area (TPSA) is 20.2 Å². The summed E-state index contributed by atoms with van der Waals surface area (Å²) in [6, 6.07) is 5.05. The molecule has 0 spiro atoms. The molecule has 0 aliphatic carbocycles. The molecule has 0 amide bonds. The van der Waals surface area contributed by atoms with Gasteiger partial charge in [0.2, 0.25) is 0 Å². The van der Waals surface area contributed by atoms with Crippen molar-refractivity contribution < 1.29 is 5.11 Å². The monoisotopic (exact) mass is 168 g/mol. The fourth-order valence-electron chi connectivity index (χ4n) is 0.837. The van der Waals surface area contributed by atoms with Gasteiger partial charge < -0.3 is 5.11 Å². The fraction of sp³-hybridized carbons (Fsp3) is 0.111. The molecule has 0 fully saturated rings. The highest BCUT2D eigenvalue weighted by molar-refractivity contribution is 6.30. The van der Waals surface area contributed by atoms with E-state index in [1.165, 1.54) is 6.07 Å². The Labute approximate surface area is 70.9 Å². The van der Waals surface area contributed by atoms with Crippen molar-refractivity contribution in [3.63, 3.8) is 0 Å². The predicted octanol–water partition coefficient (Wildman–Crippen LogP) is 3.08. The molecule has 58 valence electrons. The lowest BCUT2D eigenvalue weighted by Crippen LogP contribution is -1.73. The summed E-state index contributed by atoms with van der Waals surface area (Å²) in [6.45, 7) is 1.90. The third-order valence-corrected chi connectivity index (χ3v) is 1.57. The van der Waals surface area contributed by atoms with E-state index >= 15 is 0 Å². The number of allylic oxidation sites excluding steroid dienone is 1. The molecule has 2 heteroatoms. The van der Waals surface area contributed by atoms with Gasteiger partial charge in [-0.25, -0.2) is 0 Å². The van der Waals surface area contributed by atoms with Gasteiger partial charge in [-0.05, 0) is 25.1 Å². The molecule has 0 saturated carbocycles. The zero-order valence-corrected chi connectivity index (χ0v) is 6.97. The molecule has 1 aromatic rings. The van der Waals surface area contributed by atoms with Gasteiger partial charge in [0.25, 0.3) is 0 Å². The molecule has 0 atom stereocenters. The van der Waals surface area contributed by atoms with E-state index in [-0.39, 0.29) is 5.75 Å². The van der Waals surface area contributed by atoms with Crippen LogP contribution in [0.4, 0.5) is 0 Å². The summed E-state index contributed by atoms with van der Waals surface area (Å²) in [7, 11) is 0. The van der Waals surface area contributed by atoms with E-state index in [0.29, 0.717) is 5.02 Å². The second-order valence-corrected chi connectivity index (χ2v) is 2.64. The van der Waals surface area contributed by atoms with Gasteiger partial charge in [0.1, 0.15) is 5.75 Å². The van der Waals surface area contributed by atoms with Crippen molar-refractivity contribution in [3.8, 4) is 5.75 Å². The molecule has 11 heavy (non-hydrogen) atoms. The van der Waals surface area contributed by atoms with E-state index in [2.05, 4.69) is 0 Å². The van der Waals surface area contributed by atoms with Gasteiger partial charge in [-0.1, -0.05) is 23.8 Å². The van der Waals surface area contributed by atoms with Crippen LogP contribution in [0.1, 0.15) is 12.5 Å². The van der Waals surface area contributed by atoms with Crippen molar-refractivity contribution in [1.82, 2.24) is 0 Å². The molecule has 0 saturated heterocycles. The molecular weight excluding hydrogens is 160 g/mol. The predicted molar refractivity (Wildman–Crippen MR) is 47.8 cm³/mol. The Morgan fingerprint density at radius 2 is 2.18 bits per heavy atom. The van der Waals surface area contributed by atoms with Gasteiger partial charge in [0.05, 0.1) is 0 Å². The molecule has 0 unspecified atom stereocenters. The first kappa shape index (κ1) is 8.15. The number of hydrogen-bond donors (Lipinski definition) is 1. The van der Waals surface area contributed by atoms with Crippen LogP contribution < -0.4 is 0 Å². The summed E-state index contributed by atoms with van der Waals surface area (Å²) in [5, 5.41) is 9.84. The highest BCUT2D eigenvalue weighted by Crippen LogP contribution is 2.22. The van der Waals surface area contributed by atoms with E-state index in [4.69, 9.17) is 11.6 Å². The first-order chi connectivity index (χ1) is 5.24. The average Bonchev–Trinajstić information content (AvgIpc) is 1.95. The van der Waals surface area contributed by atoms with Crippen LogP contribution in [0.25, 0.3) is 6.08 Å². The van der Waals surface area contributed by atoms with Gasteiger partial charge in [-0.2, -0.15) is 0 Å². The highest BCUT2D eigenvalue weighted by Gasteiger charge is 1.96.